The average molecular weight is 553 g/mol. The van der Waals surface area contributed by atoms with Crippen LogP contribution in [0.2, 0.25) is 10.3 Å². The summed E-state index contributed by atoms with van der Waals surface area (Å²) in [6, 6.07) is 4.13. The van der Waals surface area contributed by atoms with Crippen LogP contribution in [0.3, 0.4) is 0 Å². The number of aromatic nitrogens is 3. The van der Waals surface area contributed by atoms with Gasteiger partial charge < -0.3 is 26.0 Å². The van der Waals surface area contributed by atoms with Gasteiger partial charge in [-0.05, 0) is 38.4 Å². The van der Waals surface area contributed by atoms with Gasteiger partial charge in [-0.1, -0.05) is 30.1 Å². The van der Waals surface area contributed by atoms with Crippen LogP contribution < -0.4 is 21.5 Å². The lowest BCUT2D eigenvalue weighted by molar-refractivity contribution is 0.0610. The largest absolute Gasteiger partial charge is 0.395 e. The molecule has 0 spiro atoms. The Labute approximate surface area is 226 Å². The third-order valence-corrected chi connectivity index (χ3v) is 7.74. The van der Waals surface area contributed by atoms with Gasteiger partial charge in [0, 0.05) is 56.4 Å². The van der Waals surface area contributed by atoms with E-state index in [4.69, 9.17) is 34.0 Å². The third kappa shape index (κ3) is 6.53. The van der Waals surface area contributed by atoms with Crippen LogP contribution in [0, 0.1) is 0 Å². The second kappa shape index (κ2) is 12.4. The lowest BCUT2D eigenvalue weighted by atomic mass is 9.98. The van der Waals surface area contributed by atoms with Crippen molar-refractivity contribution in [3.05, 3.63) is 44.1 Å². The monoisotopic (exact) mass is 552 g/mol. The maximum atomic E-state index is 12.2. The molecule has 0 radical (unpaired) electrons. The molecule has 2 fully saturated rings. The van der Waals surface area contributed by atoms with E-state index in [0.717, 1.165) is 64.1 Å². The molecule has 0 bridgehead atoms. The Balaban J connectivity index is 1.36. The highest BCUT2D eigenvalue weighted by molar-refractivity contribution is 6.32. The molecule has 11 nitrogen and oxygen atoms in total. The van der Waals surface area contributed by atoms with Crippen molar-refractivity contribution in [2.24, 2.45) is 0 Å². The Morgan fingerprint density at radius 2 is 1.97 bits per heavy atom. The number of aliphatic hydroxyl groups excluding tert-OH is 1. The number of nitrogens with zero attached hydrogens (tertiary/aromatic N) is 5. The summed E-state index contributed by atoms with van der Waals surface area (Å²) in [5.41, 5.74) is 6.75. The zero-order valence-corrected chi connectivity index (χ0v) is 22.4. The average Bonchev–Trinajstić information content (AvgIpc) is 2.90. The number of halogens is 2. The van der Waals surface area contributed by atoms with Gasteiger partial charge in [0.15, 0.2) is 22.5 Å². The maximum Gasteiger partial charge on any atom is 0.273 e. The number of pyridine rings is 1. The normalized spacial score (nSPS) is 19.8. The third-order valence-electron chi connectivity index (χ3n) is 7.15. The van der Waals surface area contributed by atoms with Gasteiger partial charge in [0.05, 0.1) is 6.61 Å². The number of amides is 1. The number of rotatable bonds is 8. The van der Waals surface area contributed by atoms with Gasteiger partial charge >= 0.3 is 0 Å². The fourth-order valence-electron chi connectivity index (χ4n) is 5.20. The van der Waals surface area contributed by atoms with Crippen molar-refractivity contribution in [2.45, 2.75) is 44.8 Å². The summed E-state index contributed by atoms with van der Waals surface area (Å²) in [6.45, 7) is 7.08. The molecule has 0 saturated carbocycles. The minimum absolute atomic E-state index is 0.0142. The zero-order chi connectivity index (χ0) is 26.5. The predicted octanol–water partition coefficient (Wildman–Crippen LogP) is 1.34. The van der Waals surface area contributed by atoms with Gasteiger partial charge in [0.2, 0.25) is 5.56 Å². The number of piperidine rings is 1. The molecule has 2 aliphatic heterocycles. The van der Waals surface area contributed by atoms with Crippen LogP contribution in [0.4, 0.5) is 11.6 Å². The highest BCUT2D eigenvalue weighted by Crippen LogP contribution is 2.30. The molecule has 2 aromatic heterocycles. The molecule has 1 atom stereocenters. The number of nitrogens with two attached hydrogens (primary N) is 1. The van der Waals surface area contributed by atoms with Crippen LogP contribution in [-0.4, -0.2) is 93.7 Å². The van der Waals surface area contributed by atoms with Gasteiger partial charge in [-0.2, -0.15) is 0 Å². The first-order valence-corrected chi connectivity index (χ1v) is 13.4. The fraction of sp³-hybridized carbons (Fsp3) is 0.583. The number of nitrogens with one attached hydrogen (secondary N) is 2. The number of hydrogen-bond acceptors (Lipinski definition) is 9. The molecule has 1 unspecified atom stereocenters. The summed E-state index contributed by atoms with van der Waals surface area (Å²) >= 11 is 12.7. The van der Waals surface area contributed by atoms with Crippen molar-refractivity contribution in [3.8, 4) is 0 Å². The number of carbonyl (C=O) groups excluding carboxylic acids is 1. The van der Waals surface area contributed by atoms with E-state index in [1.165, 1.54) is 6.07 Å². The first-order valence-electron chi connectivity index (χ1n) is 12.6. The van der Waals surface area contributed by atoms with Gasteiger partial charge in [0.1, 0.15) is 5.15 Å². The van der Waals surface area contributed by atoms with Gasteiger partial charge in [0.25, 0.3) is 5.91 Å². The molecule has 2 saturated heterocycles. The van der Waals surface area contributed by atoms with Crippen molar-refractivity contribution in [1.82, 2.24) is 30.1 Å². The topological polar surface area (TPSA) is 144 Å². The summed E-state index contributed by atoms with van der Waals surface area (Å²) in [7, 11) is 0. The number of anilines is 2. The standard InChI is InChI=1S/C24H34Cl2N8O3/c1-2-16-14-33(23-21(26)30-19(22(27)31-23)24(37)28-7-12-35)10-11-34(16)17-5-8-32(9-6-17)13-15-3-4-18(36)29-20(15)25/h3-4,16-17,35H,2,5-14H2,1H3,(H2,27,31)(H,28,37)(H,29,36). The second-order valence-electron chi connectivity index (χ2n) is 9.47. The molecule has 37 heavy (non-hydrogen) atoms. The van der Waals surface area contributed by atoms with Crippen LogP contribution in [0.5, 0.6) is 0 Å². The number of hydrogen-bond donors (Lipinski definition) is 4. The SMILES string of the molecule is CCC1CN(c2nc(N)c(C(=O)NCCO)nc2Cl)CCN1C1CCN(Cc2ccc(=O)[nH]c2Cl)CC1. The Kier molecular flexibility index (Phi) is 9.25. The Hall–Kier alpha value is -2.44. The highest BCUT2D eigenvalue weighted by atomic mass is 35.5. The van der Waals surface area contributed by atoms with E-state index in [1.54, 1.807) is 6.07 Å². The number of H-pyrrole nitrogens is 1. The molecule has 4 heterocycles. The van der Waals surface area contributed by atoms with Crippen molar-refractivity contribution in [1.29, 1.82) is 0 Å². The van der Waals surface area contributed by atoms with E-state index >= 15 is 0 Å². The smallest absolute Gasteiger partial charge is 0.273 e. The van der Waals surface area contributed by atoms with E-state index < -0.39 is 5.91 Å². The van der Waals surface area contributed by atoms with Crippen LogP contribution in [0.15, 0.2) is 16.9 Å². The number of nitrogen functional groups attached to an aromatic ring is 1. The Morgan fingerprint density at radius 3 is 2.65 bits per heavy atom. The molecular weight excluding hydrogens is 519 g/mol. The molecule has 0 aromatic carbocycles. The van der Waals surface area contributed by atoms with Gasteiger partial charge in [-0.25, -0.2) is 9.97 Å². The van der Waals surface area contributed by atoms with Gasteiger partial charge in [-0.15, -0.1) is 0 Å². The highest BCUT2D eigenvalue weighted by Gasteiger charge is 2.34. The van der Waals surface area contributed by atoms with E-state index in [0.29, 0.717) is 23.1 Å². The quantitative estimate of drug-likeness (QED) is 0.356. The minimum atomic E-state index is -0.516. The van der Waals surface area contributed by atoms with Crippen LogP contribution in [0.25, 0.3) is 0 Å². The van der Waals surface area contributed by atoms with E-state index in [2.05, 4.69) is 41.9 Å². The van der Waals surface area contributed by atoms with Crippen molar-refractivity contribution < 1.29 is 9.90 Å². The minimum Gasteiger partial charge on any atom is -0.395 e. The molecular formula is C24H34Cl2N8O3. The summed E-state index contributed by atoms with van der Waals surface area (Å²) in [5.74, 6) is -0.0122. The van der Waals surface area contributed by atoms with Crippen LogP contribution >= 0.6 is 23.2 Å². The first-order chi connectivity index (χ1) is 17.8. The van der Waals surface area contributed by atoms with Crippen LogP contribution in [-0.2, 0) is 6.54 Å². The number of piperazine rings is 1. The second-order valence-corrected chi connectivity index (χ2v) is 10.2. The predicted molar refractivity (Wildman–Crippen MR) is 144 cm³/mol. The summed E-state index contributed by atoms with van der Waals surface area (Å²) in [6.07, 6.45) is 3.09. The molecule has 2 aliphatic rings. The number of aromatic amines is 1. The number of carbonyl (C=O) groups is 1. The molecule has 1 amide bonds. The Morgan fingerprint density at radius 1 is 1.22 bits per heavy atom. The summed E-state index contributed by atoms with van der Waals surface area (Å²) in [5, 5.41) is 12.0. The number of aliphatic hydroxyl groups is 1. The lowest BCUT2D eigenvalue weighted by Gasteiger charge is -2.47. The van der Waals surface area contributed by atoms with Gasteiger partial charge in [-0.3, -0.25) is 19.4 Å². The zero-order valence-electron chi connectivity index (χ0n) is 20.9. The van der Waals surface area contributed by atoms with E-state index in [9.17, 15) is 9.59 Å². The molecule has 5 N–H and O–H groups in total. The lowest BCUT2D eigenvalue weighted by Crippen LogP contribution is -2.58. The molecule has 202 valence electrons. The number of likely N-dealkylation sites (tertiary alicyclic amines) is 1. The molecule has 13 heteroatoms. The summed E-state index contributed by atoms with van der Waals surface area (Å²) < 4.78 is 0. The van der Waals surface area contributed by atoms with E-state index in [1.807, 2.05) is 0 Å². The van der Waals surface area contributed by atoms with Crippen molar-refractivity contribution in [2.75, 3.05) is 56.5 Å². The molecule has 0 aliphatic carbocycles. The summed E-state index contributed by atoms with van der Waals surface area (Å²) in [4.78, 5) is 42.0. The van der Waals surface area contributed by atoms with Crippen molar-refractivity contribution in [3.63, 3.8) is 0 Å². The first kappa shape index (κ1) is 27.6. The van der Waals surface area contributed by atoms with E-state index in [-0.39, 0.29) is 35.4 Å². The maximum absolute atomic E-state index is 12.2. The Bertz CT molecular complexity index is 1160. The van der Waals surface area contributed by atoms with Crippen LogP contribution in [0.1, 0.15) is 42.2 Å². The molecule has 2 aromatic rings. The van der Waals surface area contributed by atoms with Crippen molar-refractivity contribution >= 4 is 40.7 Å². The fourth-order valence-corrected chi connectivity index (χ4v) is 5.66. The molecule has 4 rings (SSSR count).